The van der Waals surface area contributed by atoms with Crippen LogP contribution in [0.4, 0.5) is 5.82 Å². The van der Waals surface area contributed by atoms with Gasteiger partial charge in [0.25, 0.3) is 0 Å². The number of nitrogens with two attached hydrogens (primary N) is 1. The van der Waals surface area contributed by atoms with E-state index >= 15 is 0 Å². The Kier molecular flexibility index (Phi) is 4.81. The van der Waals surface area contributed by atoms with Crippen molar-refractivity contribution >= 4 is 31.8 Å². The van der Waals surface area contributed by atoms with Gasteiger partial charge < -0.3 is 10.5 Å². The molecule has 21 heavy (non-hydrogen) atoms. The number of methoxy groups -OCH3 is 1. The van der Waals surface area contributed by atoms with Gasteiger partial charge in [-0.1, -0.05) is 18.2 Å². The summed E-state index contributed by atoms with van der Waals surface area (Å²) in [5.41, 5.74) is 6.35. The maximum absolute atomic E-state index is 12.3. The molecule has 0 bridgehead atoms. The second-order valence-electron chi connectivity index (χ2n) is 4.17. The van der Waals surface area contributed by atoms with Gasteiger partial charge in [0.2, 0.25) is 10.0 Å². The van der Waals surface area contributed by atoms with Crippen molar-refractivity contribution in [3.05, 3.63) is 46.6 Å². The highest BCUT2D eigenvalue weighted by Gasteiger charge is 2.19. The van der Waals surface area contributed by atoms with Gasteiger partial charge in [-0.15, -0.1) is 0 Å². The van der Waals surface area contributed by atoms with Crippen LogP contribution in [0.25, 0.3) is 0 Å². The van der Waals surface area contributed by atoms with Crippen LogP contribution in [-0.4, -0.2) is 20.5 Å². The highest BCUT2D eigenvalue weighted by molar-refractivity contribution is 9.10. The third-order valence-corrected chi connectivity index (χ3v) is 4.65. The number of rotatable bonds is 5. The molecule has 0 aliphatic carbocycles. The van der Waals surface area contributed by atoms with Gasteiger partial charge in [-0.2, -0.15) is 0 Å². The summed E-state index contributed by atoms with van der Waals surface area (Å²) in [6.45, 7) is 0.0955. The Morgan fingerprint density at radius 2 is 2.10 bits per heavy atom. The Hall–Kier alpha value is -1.64. The van der Waals surface area contributed by atoms with E-state index in [-0.39, 0.29) is 17.3 Å². The molecule has 3 N–H and O–H groups in total. The number of benzene rings is 1. The van der Waals surface area contributed by atoms with Gasteiger partial charge in [-0.25, -0.2) is 18.1 Å². The monoisotopic (exact) mass is 371 g/mol. The summed E-state index contributed by atoms with van der Waals surface area (Å²) in [4.78, 5) is 3.76. The van der Waals surface area contributed by atoms with Crippen molar-refractivity contribution < 1.29 is 13.2 Å². The molecule has 0 spiro atoms. The third-order valence-electron chi connectivity index (χ3n) is 2.78. The number of halogens is 1. The summed E-state index contributed by atoms with van der Waals surface area (Å²) < 4.78 is 32.8. The van der Waals surface area contributed by atoms with Crippen molar-refractivity contribution in [3.63, 3.8) is 0 Å². The van der Waals surface area contributed by atoms with Crippen LogP contribution in [0.2, 0.25) is 0 Å². The van der Waals surface area contributed by atoms with Crippen LogP contribution in [0.15, 0.2) is 45.9 Å². The molecule has 0 unspecified atom stereocenters. The zero-order chi connectivity index (χ0) is 15.5. The van der Waals surface area contributed by atoms with Gasteiger partial charge in [0.15, 0.2) is 0 Å². The molecule has 0 radical (unpaired) electrons. The smallest absolute Gasteiger partial charge is 0.244 e. The molecule has 0 fully saturated rings. The molecule has 8 heteroatoms. The second-order valence-corrected chi connectivity index (χ2v) is 6.82. The lowest BCUT2D eigenvalue weighted by molar-refractivity contribution is 0.409. The molecule has 0 saturated carbocycles. The maximum Gasteiger partial charge on any atom is 0.244 e. The predicted molar refractivity (Wildman–Crippen MR) is 83.4 cm³/mol. The van der Waals surface area contributed by atoms with Gasteiger partial charge in [0.1, 0.15) is 16.5 Å². The summed E-state index contributed by atoms with van der Waals surface area (Å²) in [6, 6.07) is 8.57. The van der Waals surface area contributed by atoms with E-state index in [9.17, 15) is 8.42 Å². The van der Waals surface area contributed by atoms with Crippen LogP contribution in [0.3, 0.4) is 0 Å². The van der Waals surface area contributed by atoms with Crippen LogP contribution in [0, 0.1) is 0 Å². The number of hydrogen-bond donors (Lipinski definition) is 2. The van der Waals surface area contributed by atoms with E-state index in [2.05, 4.69) is 25.6 Å². The summed E-state index contributed by atoms with van der Waals surface area (Å²) in [6.07, 6.45) is 1.44. The lowest BCUT2D eigenvalue weighted by Gasteiger charge is -2.11. The molecule has 6 nitrogen and oxygen atoms in total. The fourth-order valence-corrected chi connectivity index (χ4v) is 3.34. The number of ether oxygens (including phenoxy) is 1. The fraction of sp³-hybridized carbons (Fsp3) is 0.154. The second kappa shape index (κ2) is 6.42. The van der Waals surface area contributed by atoms with Gasteiger partial charge in [-0.3, -0.25) is 0 Å². The molecule has 1 aromatic heterocycles. The van der Waals surface area contributed by atoms with E-state index in [0.717, 1.165) is 5.56 Å². The standard InChI is InChI=1S/C13H14BrN3O3S/c1-20-11-5-3-2-4-9(11)7-17-21(18,19)12-6-10(14)8-16-13(12)15/h2-6,8,17H,7H2,1H3,(H2,15,16). The average molecular weight is 372 g/mol. The van der Waals surface area contributed by atoms with Gasteiger partial charge in [0.05, 0.1) is 7.11 Å². The largest absolute Gasteiger partial charge is 0.496 e. The van der Waals surface area contributed by atoms with Crippen LogP contribution >= 0.6 is 15.9 Å². The molecule has 0 atom stereocenters. The van der Waals surface area contributed by atoms with E-state index in [4.69, 9.17) is 10.5 Å². The fourth-order valence-electron chi connectivity index (χ4n) is 1.75. The molecule has 112 valence electrons. The molecule has 2 rings (SSSR count). The Morgan fingerprint density at radius 3 is 2.81 bits per heavy atom. The zero-order valence-corrected chi connectivity index (χ0v) is 13.6. The number of nitrogens with zero attached hydrogens (tertiary/aromatic N) is 1. The van der Waals surface area contributed by atoms with E-state index in [1.165, 1.54) is 19.4 Å². The van der Waals surface area contributed by atoms with Crippen molar-refractivity contribution in [2.24, 2.45) is 0 Å². The first-order valence-corrected chi connectivity index (χ1v) is 8.24. The van der Waals surface area contributed by atoms with Gasteiger partial charge >= 0.3 is 0 Å². The maximum atomic E-state index is 12.3. The van der Waals surface area contributed by atoms with E-state index < -0.39 is 10.0 Å². The molecule has 0 saturated heterocycles. The molecule has 0 aliphatic rings. The number of anilines is 1. The first kappa shape index (κ1) is 15.7. The molecular weight excluding hydrogens is 358 g/mol. The van der Waals surface area contributed by atoms with Crippen molar-refractivity contribution in [2.45, 2.75) is 11.4 Å². The van der Waals surface area contributed by atoms with E-state index in [1.54, 1.807) is 18.2 Å². The number of sulfonamides is 1. The average Bonchev–Trinajstić information content (AvgIpc) is 2.48. The van der Waals surface area contributed by atoms with E-state index in [0.29, 0.717) is 10.2 Å². The quantitative estimate of drug-likeness (QED) is 0.836. The molecule has 1 heterocycles. The minimum absolute atomic E-state index is 0.0503. The number of aromatic nitrogens is 1. The number of hydrogen-bond acceptors (Lipinski definition) is 5. The molecular formula is C13H14BrN3O3S. The minimum atomic E-state index is -3.76. The summed E-state index contributed by atoms with van der Waals surface area (Å²) in [7, 11) is -2.23. The van der Waals surface area contributed by atoms with Crippen molar-refractivity contribution in [1.82, 2.24) is 9.71 Å². The van der Waals surface area contributed by atoms with Crippen molar-refractivity contribution in [3.8, 4) is 5.75 Å². The van der Waals surface area contributed by atoms with Crippen molar-refractivity contribution in [2.75, 3.05) is 12.8 Å². The predicted octanol–water partition coefficient (Wildman–Crippen LogP) is 1.91. The minimum Gasteiger partial charge on any atom is -0.496 e. The third kappa shape index (κ3) is 3.72. The summed E-state index contributed by atoms with van der Waals surface area (Å²) in [5, 5.41) is 0. The molecule has 2 aromatic rings. The number of nitrogens with one attached hydrogen (secondary N) is 1. The lowest BCUT2D eigenvalue weighted by atomic mass is 10.2. The lowest BCUT2D eigenvalue weighted by Crippen LogP contribution is -2.24. The van der Waals surface area contributed by atoms with E-state index in [1.807, 2.05) is 6.07 Å². The molecule has 0 aliphatic heterocycles. The van der Waals surface area contributed by atoms with Gasteiger partial charge in [0, 0.05) is 22.8 Å². The van der Waals surface area contributed by atoms with Crippen LogP contribution in [0.1, 0.15) is 5.56 Å². The summed E-state index contributed by atoms with van der Waals surface area (Å²) >= 11 is 3.18. The summed E-state index contributed by atoms with van der Waals surface area (Å²) in [5.74, 6) is 0.561. The Morgan fingerprint density at radius 1 is 1.38 bits per heavy atom. The first-order chi connectivity index (χ1) is 9.94. The van der Waals surface area contributed by atoms with Gasteiger partial charge in [-0.05, 0) is 28.1 Å². The van der Waals surface area contributed by atoms with Crippen molar-refractivity contribution in [1.29, 1.82) is 0 Å². The number of para-hydroxylation sites is 1. The Bertz CT molecular complexity index is 750. The highest BCUT2D eigenvalue weighted by atomic mass is 79.9. The number of nitrogen functional groups attached to an aromatic ring is 1. The topological polar surface area (TPSA) is 94.3 Å². The van der Waals surface area contributed by atoms with Crippen LogP contribution < -0.4 is 15.2 Å². The molecule has 1 aromatic carbocycles. The Labute approximate surface area is 131 Å². The molecule has 0 amide bonds. The number of pyridine rings is 1. The first-order valence-electron chi connectivity index (χ1n) is 5.96. The SMILES string of the molecule is COc1ccccc1CNS(=O)(=O)c1cc(Br)cnc1N. The highest BCUT2D eigenvalue weighted by Crippen LogP contribution is 2.22. The van der Waals surface area contributed by atoms with Crippen LogP contribution in [0.5, 0.6) is 5.75 Å². The zero-order valence-electron chi connectivity index (χ0n) is 11.2. The Balaban J connectivity index is 2.24. The normalized spacial score (nSPS) is 11.3. The van der Waals surface area contributed by atoms with Crippen LogP contribution in [-0.2, 0) is 16.6 Å².